The maximum Gasteiger partial charge on any atom is 0.413 e. The SMILES string of the molecule is CC(C)C(NC(=O)N(C)Cc1csc(NC(=O)OC(C)(C)C)n1)C(=O)O. The number of rotatable bonds is 6. The Hall–Kier alpha value is -2.36. The fourth-order valence-electron chi connectivity index (χ4n) is 1.90. The Bertz CT molecular complexity index is 653. The van der Waals surface area contributed by atoms with Crippen LogP contribution in [-0.2, 0) is 16.1 Å². The third kappa shape index (κ3) is 7.26. The van der Waals surface area contributed by atoms with Crippen molar-refractivity contribution in [2.45, 2.75) is 52.8 Å². The number of ether oxygens (including phenoxy) is 1. The summed E-state index contributed by atoms with van der Waals surface area (Å²) in [5.74, 6) is -1.33. The Morgan fingerprint density at radius 3 is 2.46 bits per heavy atom. The number of carbonyl (C=O) groups excluding carboxylic acids is 2. The zero-order valence-corrected chi connectivity index (χ0v) is 16.6. The molecule has 0 radical (unpaired) electrons. The molecule has 0 bridgehead atoms. The van der Waals surface area contributed by atoms with Crippen molar-refractivity contribution in [1.82, 2.24) is 15.2 Å². The van der Waals surface area contributed by atoms with Gasteiger partial charge in [-0.3, -0.25) is 5.32 Å². The van der Waals surface area contributed by atoms with Crippen LogP contribution < -0.4 is 10.6 Å². The zero-order chi connectivity index (χ0) is 20.1. The zero-order valence-electron chi connectivity index (χ0n) is 15.8. The fourth-order valence-corrected chi connectivity index (χ4v) is 2.59. The van der Waals surface area contributed by atoms with Crippen molar-refractivity contribution in [1.29, 1.82) is 0 Å². The van der Waals surface area contributed by atoms with E-state index in [0.29, 0.717) is 10.8 Å². The minimum atomic E-state index is -1.08. The Kier molecular flexibility index (Phi) is 7.37. The molecule has 146 valence electrons. The third-order valence-corrected chi connectivity index (χ3v) is 3.92. The van der Waals surface area contributed by atoms with E-state index in [0.717, 1.165) is 0 Å². The van der Waals surface area contributed by atoms with Crippen molar-refractivity contribution in [3.63, 3.8) is 0 Å². The van der Waals surface area contributed by atoms with Crippen LogP contribution in [0.3, 0.4) is 0 Å². The summed E-state index contributed by atoms with van der Waals surface area (Å²) < 4.78 is 5.15. The molecule has 3 N–H and O–H groups in total. The first-order valence-corrected chi connectivity index (χ1v) is 8.96. The quantitative estimate of drug-likeness (QED) is 0.691. The number of thiazole rings is 1. The van der Waals surface area contributed by atoms with E-state index in [9.17, 15) is 14.4 Å². The van der Waals surface area contributed by atoms with Crippen LogP contribution >= 0.6 is 11.3 Å². The predicted molar refractivity (Wildman–Crippen MR) is 98.2 cm³/mol. The molecule has 0 spiro atoms. The number of amides is 3. The fraction of sp³-hybridized carbons (Fsp3) is 0.625. The Balaban J connectivity index is 2.61. The molecule has 1 atom stereocenters. The van der Waals surface area contributed by atoms with E-state index in [2.05, 4.69) is 15.6 Å². The van der Waals surface area contributed by atoms with E-state index >= 15 is 0 Å². The lowest BCUT2D eigenvalue weighted by Gasteiger charge is -2.22. The highest BCUT2D eigenvalue weighted by Crippen LogP contribution is 2.18. The van der Waals surface area contributed by atoms with Gasteiger partial charge in [-0.25, -0.2) is 19.4 Å². The van der Waals surface area contributed by atoms with E-state index < -0.39 is 29.7 Å². The molecule has 1 aromatic heterocycles. The van der Waals surface area contributed by atoms with E-state index in [1.165, 1.54) is 23.3 Å². The molecule has 3 amide bonds. The van der Waals surface area contributed by atoms with Gasteiger partial charge in [0.2, 0.25) is 0 Å². The van der Waals surface area contributed by atoms with Crippen LogP contribution in [0.1, 0.15) is 40.3 Å². The number of urea groups is 1. The number of hydrogen-bond acceptors (Lipinski definition) is 6. The van der Waals surface area contributed by atoms with Gasteiger partial charge in [-0.1, -0.05) is 13.8 Å². The number of aliphatic carboxylic acids is 1. The molecule has 0 saturated heterocycles. The lowest BCUT2D eigenvalue weighted by atomic mass is 10.1. The first-order valence-electron chi connectivity index (χ1n) is 8.08. The molecule has 26 heavy (non-hydrogen) atoms. The molecule has 10 heteroatoms. The van der Waals surface area contributed by atoms with Crippen molar-refractivity contribution in [3.8, 4) is 0 Å². The van der Waals surface area contributed by atoms with Gasteiger partial charge in [0.25, 0.3) is 0 Å². The second-order valence-corrected chi connectivity index (χ2v) is 7.99. The maximum atomic E-state index is 12.1. The molecule has 0 aliphatic rings. The summed E-state index contributed by atoms with van der Waals surface area (Å²) in [6.45, 7) is 8.88. The smallest absolute Gasteiger partial charge is 0.413 e. The highest BCUT2D eigenvalue weighted by atomic mass is 32.1. The normalized spacial score (nSPS) is 12.4. The Morgan fingerprint density at radius 2 is 1.96 bits per heavy atom. The number of anilines is 1. The van der Waals surface area contributed by atoms with Crippen LogP contribution in [-0.4, -0.2) is 51.8 Å². The summed E-state index contributed by atoms with van der Waals surface area (Å²) in [6, 6.07) is -1.48. The monoisotopic (exact) mass is 386 g/mol. The van der Waals surface area contributed by atoms with E-state index in [4.69, 9.17) is 9.84 Å². The van der Waals surface area contributed by atoms with E-state index in [1.807, 2.05) is 0 Å². The molecule has 1 aromatic rings. The second kappa shape index (κ2) is 8.84. The topological polar surface area (TPSA) is 121 Å². The number of carbonyl (C=O) groups is 3. The van der Waals surface area contributed by atoms with Crippen molar-refractivity contribution in [2.24, 2.45) is 5.92 Å². The molecular formula is C16H26N4O5S. The first-order chi connectivity index (χ1) is 11.9. The molecule has 0 aromatic carbocycles. The third-order valence-electron chi connectivity index (χ3n) is 3.12. The van der Waals surface area contributed by atoms with Crippen molar-refractivity contribution in [2.75, 3.05) is 12.4 Å². The van der Waals surface area contributed by atoms with Crippen LogP contribution in [0.25, 0.3) is 0 Å². The second-order valence-electron chi connectivity index (χ2n) is 7.14. The number of hydrogen-bond donors (Lipinski definition) is 3. The maximum absolute atomic E-state index is 12.1. The molecule has 0 saturated carbocycles. The molecule has 1 rings (SSSR count). The molecule has 1 heterocycles. The Labute approximate surface area is 156 Å². The van der Waals surface area contributed by atoms with Crippen molar-refractivity contribution >= 4 is 34.6 Å². The molecule has 9 nitrogen and oxygen atoms in total. The van der Waals surface area contributed by atoms with E-state index in [1.54, 1.807) is 40.0 Å². The lowest BCUT2D eigenvalue weighted by Crippen LogP contribution is -2.48. The van der Waals surface area contributed by atoms with Gasteiger partial charge in [0.1, 0.15) is 11.6 Å². The number of nitrogens with zero attached hydrogens (tertiary/aromatic N) is 2. The highest BCUT2D eigenvalue weighted by Gasteiger charge is 2.25. The summed E-state index contributed by atoms with van der Waals surface area (Å²) in [6.07, 6.45) is -0.606. The van der Waals surface area contributed by atoms with Gasteiger partial charge in [-0.15, -0.1) is 11.3 Å². The van der Waals surface area contributed by atoms with Gasteiger partial charge in [0.15, 0.2) is 5.13 Å². The average Bonchev–Trinajstić information content (AvgIpc) is 2.88. The van der Waals surface area contributed by atoms with Crippen LogP contribution in [0.5, 0.6) is 0 Å². The van der Waals surface area contributed by atoms with Gasteiger partial charge in [0, 0.05) is 12.4 Å². The molecule has 0 aliphatic heterocycles. The van der Waals surface area contributed by atoms with Gasteiger partial charge < -0.3 is 20.1 Å². The van der Waals surface area contributed by atoms with Gasteiger partial charge in [-0.05, 0) is 26.7 Å². The summed E-state index contributed by atoms with van der Waals surface area (Å²) in [5.41, 5.74) is -0.0466. The number of carboxylic acids is 1. The number of aromatic nitrogens is 1. The van der Waals surface area contributed by atoms with Gasteiger partial charge in [-0.2, -0.15) is 0 Å². The largest absolute Gasteiger partial charge is 0.480 e. The van der Waals surface area contributed by atoms with Crippen molar-refractivity contribution < 1.29 is 24.2 Å². The predicted octanol–water partition coefficient (Wildman–Crippen LogP) is 2.74. The summed E-state index contributed by atoms with van der Waals surface area (Å²) in [5, 5.41) is 16.2. The standard InChI is InChI=1S/C16H26N4O5S/c1-9(2)11(12(21)22)18-14(23)20(6)7-10-8-26-13(17-10)19-15(24)25-16(3,4)5/h8-9,11H,7H2,1-6H3,(H,18,23)(H,21,22)(H,17,19,24). The van der Waals surface area contributed by atoms with Crippen LogP contribution in [0.15, 0.2) is 5.38 Å². The van der Waals surface area contributed by atoms with Crippen LogP contribution in [0, 0.1) is 5.92 Å². The molecule has 0 fully saturated rings. The van der Waals surface area contributed by atoms with Gasteiger partial charge in [0.05, 0.1) is 12.2 Å². The lowest BCUT2D eigenvalue weighted by molar-refractivity contribution is -0.140. The number of nitrogens with one attached hydrogen (secondary N) is 2. The van der Waals surface area contributed by atoms with E-state index in [-0.39, 0.29) is 12.5 Å². The van der Waals surface area contributed by atoms with Crippen LogP contribution in [0.2, 0.25) is 0 Å². The average molecular weight is 386 g/mol. The summed E-state index contributed by atoms with van der Waals surface area (Å²) in [7, 11) is 1.54. The molecule has 1 unspecified atom stereocenters. The Morgan fingerprint density at radius 1 is 1.35 bits per heavy atom. The number of carboxylic acid groups (broad SMARTS) is 1. The minimum Gasteiger partial charge on any atom is -0.480 e. The van der Waals surface area contributed by atoms with Crippen LogP contribution in [0.4, 0.5) is 14.7 Å². The summed E-state index contributed by atoms with van der Waals surface area (Å²) in [4.78, 5) is 40.6. The van der Waals surface area contributed by atoms with Crippen molar-refractivity contribution in [3.05, 3.63) is 11.1 Å². The summed E-state index contributed by atoms with van der Waals surface area (Å²) >= 11 is 1.21. The molecule has 0 aliphatic carbocycles. The van der Waals surface area contributed by atoms with Gasteiger partial charge >= 0.3 is 18.1 Å². The molecular weight excluding hydrogens is 360 g/mol. The minimum absolute atomic E-state index is 0.169. The first kappa shape index (κ1) is 21.7. The highest BCUT2D eigenvalue weighted by molar-refractivity contribution is 7.13.